The third-order valence-electron chi connectivity index (χ3n) is 11.4. The first-order valence-corrected chi connectivity index (χ1v) is 23.3. The van der Waals surface area contributed by atoms with Gasteiger partial charge in [0.15, 0.2) is 0 Å². The van der Waals surface area contributed by atoms with Gasteiger partial charge in [-0.05, 0) is 124 Å². The Hall–Kier alpha value is -4.76. The van der Waals surface area contributed by atoms with E-state index in [4.69, 9.17) is 63.9 Å². The molecule has 0 bridgehead atoms. The van der Waals surface area contributed by atoms with E-state index in [0.717, 1.165) is 39.1 Å². The second-order valence-corrected chi connectivity index (χ2v) is 19.1. The van der Waals surface area contributed by atoms with Crippen LogP contribution in [0.5, 0.6) is 11.5 Å². The van der Waals surface area contributed by atoms with Crippen molar-refractivity contribution < 1.29 is 48.2 Å². The lowest BCUT2D eigenvalue weighted by Crippen LogP contribution is -2.42. The average molecular weight is 1040 g/mol. The zero-order valence-corrected chi connectivity index (χ0v) is 41.6. The topological polar surface area (TPSA) is 201 Å². The molecule has 0 saturated heterocycles. The van der Waals surface area contributed by atoms with Crippen LogP contribution in [0.4, 0.5) is 8.78 Å². The number of halogens is 5. The molecule has 4 aromatic rings. The van der Waals surface area contributed by atoms with Crippen molar-refractivity contribution in [3.8, 4) is 22.6 Å². The van der Waals surface area contributed by atoms with E-state index in [-0.39, 0.29) is 53.7 Å². The summed E-state index contributed by atoms with van der Waals surface area (Å²) in [6, 6.07) is 19.2. The van der Waals surface area contributed by atoms with Crippen LogP contribution in [0.3, 0.4) is 0 Å². The molecule has 0 aliphatic carbocycles. The van der Waals surface area contributed by atoms with Gasteiger partial charge >= 0.3 is 7.12 Å². The third kappa shape index (κ3) is 12.5. The second kappa shape index (κ2) is 22.3. The van der Waals surface area contributed by atoms with Gasteiger partial charge < -0.3 is 41.2 Å². The molecule has 4 aliphatic rings. The van der Waals surface area contributed by atoms with E-state index in [2.05, 4.69) is 38.1 Å². The zero-order chi connectivity index (χ0) is 49.7. The van der Waals surface area contributed by atoms with Gasteiger partial charge in [0, 0.05) is 66.5 Å². The van der Waals surface area contributed by atoms with Gasteiger partial charge in [-0.25, -0.2) is 38.6 Å². The fraction of sp³-hybridized carbons (Fsp3) is 0.375. The van der Waals surface area contributed by atoms with Crippen LogP contribution in [0, 0.1) is 23.5 Å². The van der Waals surface area contributed by atoms with Crippen LogP contribution in [0.15, 0.2) is 111 Å². The Labute approximate surface area is 413 Å². The molecule has 4 heterocycles. The highest BCUT2D eigenvalue weighted by molar-refractivity contribution is 9.10. The summed E-state index contributed by atoms with van der Waals surface area (Å²) in [5.74, 6) is 0.992. The number of allylic oxidation sites excluding steroid dienone is 2. The molecule has 0 saturated carbocycles. The normalized spacial score (nSPS) is 21.9. The quantitative estimate of drug-likeness (QED) is 0.0670. The van der Waals surface area contributed by atoms with E-state index in [1.807, 2.05) is 64.1 Å². The summed E-state index contributed by atoms with van der Waals surface area (Å²) >= 11 is 15.0. The van der Waals surface area contributed by atoms with Crippen molar-refractivity contribution in [2.24, 2.45) is 33.3 Å². The minimum atomic E-state index is -1.68. The fourth-order valence-electron chi connectivity index (χ4n) is 8.52. The van der Waals surface area contributed by atoms with Gasteiger partial charge in [-0.2, -0.15) is 0 Å². The number of guanidine groups is 2. The number of aliphatic imine (C=N–C) groups is 2. The standard InChI is InChI=1S/C24H27ClFN3O3.C18H24BrN3O3.C6H5BClFO2/c1-14(2)8-16(6-7-30)22-13-24(28-23(27)29(3)32-24)20-11-15(4-5-21(20)31-22)17-9-18(25)12-19(26)10-17;1-11(2)8-12(6-7-23)16-10-18(21-17(20)22(3)25-18)14-9-13(19)4-5-15(14)24-16;8-5-1-4(7(10)11)2-6(9)3-5/h4-5,8-12,16,22,30H,6-7,13H2,1-3H3,(H2,27,28);4-5,8-9,12,16,23H,6-7,10H2,1-3H3,(H2,20,21);1-3,10-11H. The van der Waals surface area contributed by atoms with Crippen LogP contribution in [-0.4, -0.2) is 88.9 Å². The highest BCUT2D eigenvalue weighted by Gasteiger charge is 2.51. The summed E-state index contributed by atoms with van der Waals surface area (Å²) < 4.78 is 40.0. The Morgan fingerprint density at radius 2 is 1.21 bits per heavy atom. The summed E-state index contributed by atoms with van der Waals surface area (Å²) in [6.07, 6.45) is 5.91. The first-order chi connectivity index (χ1) is 32.1. The molecule has 20 heteroatoms. The third-order valence-corrected chi connectivity index (χ3v) is 12.4. The van der Waals surface area contributed by atoms with E-state index < -0.39 is 30.2 Å². The lowest BCUT2D eigenvalue weighted by Gasteiger charge is -2.39. The Kier molecular flexibility index (Phi) is 17.3. The number of fused-ring (bicyclic) bond motifs is 4. The number of aliphatic hydroxyl groups excluding tert-OH is 2. The molecular weight excluding hydrogens is 988 g/mol. The number of benzene rings is 4. The Bertz CT molecular complexity index is 2550. The lowest BCUT2D eigenvalue weighted by atomic mass is 9.80. The van der Waals surface area contributed by atoms with Gasteiger partial charge in [0.05, 0.1) is 11.1 Å². The zero-order valence-electron chi connectivity index (χ0n) is 38.5. The molecular formula is C48H56BBrCl2F2N6O8. The molecule has 364 valence electrons. The van der Waals surface area contributed by atoms with E-state index in [1.54, 1.807) is 20.2 Å². The number of aliphatic hydroxyl groups is 2. The summed E-state index contributed by atoms with van der Waals surface area (Å²) in [4.78, 5) is 21.5. The van der Waals surface area contributed by atoms with Crippen molar-refractivity contribution in [1.82, 2.24) is 10.1 Å². The minimum Gasteiger partial charge on any atom is -0.489 e. The maximum atomic E-state index is 14.0. The number of nitrogens with zero attached hydrogens (tertiary/aromatic N) is 4. The maximum absolute atomic E-state index is 14.0. The lowest BCUT2D eigenvalue weighted by molar-refractivity contribution is -0.193. The largest absolute Gasteiger partial charge is 0.489 e. The van der Waals surface area contributed by atoms with Gasteiger partial charge in [-0.1, -0.05) is 68.5 Å². The molecule has 4 aliphatic heterocycles. The molecule has 68 heavy (non-hydrogen) atoms. The minimum absolute atomic E-state index is 0.0253. The predicted octanol–water partition coefficient (Wildman–Crippen LogP) is 7.67. The Balaban J connectivity index is 0.000000187. The van der Waals surface area contributed by atoms with E-state index in [9.17, 15) is 19.0 Å². The van der Waals surface area contributed by atoms with Gasteiger partial charge in [0.1, 0.15) is 35.3 Å². The van der Waals surface area contributed by atoms with Crippen molar-refractivity contribution in [2.75, 3.05) is 27.3 Å². The van der Waals surface area contributed by atoms with Crippen molar-refractivity contribution in [3.05, 3.63) is 133 Å². The first-order valence-electron chi connectivity index (χ1n) is 21.8. The highest BCUT2D eigenvalue weighted by Crippen LogP contribution is 2.50. The Morgan fingerprint density at radius 1 is 0.735 bits per heavy atom. The number of hydrogen-bond acceptors (Lipinski definition) is 14. The fourth-order valence-corrected chi connectivity index (χ4v) is 9.33. The second-order valence-electron chi connectivity index (χ2n) is 17.3. The molecule has 0 radical (unpaired) electrons. The molecule has 6 unspecified atom stereocenters. The van der Waals surface area contributed by atoms with Crippen LogP contribution in [0.25, 0.3) is 11.1 Å². The van der Waals surface area contributed by atoms with E-state index in [1.165, 1.54) is 33.9 Å². The van der Waals surface area contributed by atoms with Gasteiger partial charge in [0.2, 0.25) is 23.4 Å². The summed E-state index contributed by atoms with van der Waals surface area (Å²) in [5, 5.41) is 39.7. The summed E-state index contributed by atoms with van der Waals surface area (Å²) in [7, 11) is 1.77. The van der Waals surface area contributed by atoms with E-state index in [0.29, 0.717) is 53.5 Å². The number of rotatable bonds is 10. The summed E-state index contributed by atoms with van der Waals surface area (Å²) in [6.45, 7) is 8.26. The van der Waals surface area contributed by atoms with Crippen molar-refractivity contribution in [2.45, 2.75) is 77.0 Å². The SMILES string of the molecule is CC(C)=CC(CCO)C1CC2(N=C(N)N(C)O2)c2cc(-c3cc(F)cc(Cl)c3)ccc2O1.CC(C)=CC(CCO)C1CC2(N=C(N)N(C)O2)c2cc(Br)ccc2O1.OB(O)c1cc(F)cc(Cl)c1. The Morgan fingerprint density at radius 3 is 1.63 bits per heavy atom. The van der Waals surface area contributed by atoms with Crippen LogP contribution < -0.4 is 26.4 Å². The molecule has 4 aromatic carbocycles. The molecule has 8 N–H and O–H groups in total. The maximum Gasteiger partial charge on any atom is 0.488 e. The highest BCUT2D eigenvalue weighted by atomic mass is 79.9. The summed E-state index contributed by atoms with van der Waals surface area (Å²) in [5.41, 5.74) is 15.4. The van der Waals surface area contributed by atoms with Crippen molar-refractivity contribution >= 4 is 63.6 Å². The molecule has 8 rings (SSSR count). The number of hydrogen-bond donors (Lipinski definition) is 6. The average Bonchev–Trinajstić information content (AvgIpc) is 3.71. The number of nitrogens with two attached hydrogens (primary N) is 2. The van der Waals surface area contributed by atoms with Crippen molar-refractivity contribution in [1.29, 1.82) is 0 Å². The predicted molar refractivity (Wildman–Crippen MR) is 264 cm³/mol. The van der Waals surface area contributed by atoms with Gasteiger partial charge in [0.25, 0.3) is 0 Å². The van der Waals surface area contributed by atoms with Gasteiger partial charge in [-0.3, -0.25) is 0 Å². The number of ether oxygens (including phenoxy) is 2. The van der Waals surface area contributed by atoms with Gasteiger partial charge in [-0.15, -0.1) is 0 Å². The first kappa shape index (κ1) is 52.6. The molecule has 0 aromatic heterocycles. The molecule has 0 fully saturated rings. The molecule has 2 spiro atoms. The van der Waals surface area contributed by atoms with Crippen LogP contribution in [0.2, 0.25) is 10.0 Å². The van der Waals surface area contributed by atoms with Crippen LogP contribution >= 0.6 is 39.1 Å². The number of hydroxylamine groups is 4. The van der Waals surface area contributed by atoms with Crippen molar-refractivity contribution in [3.63, 3.8) is 0 Å². The van der Waals surface area contributed by atoms with Crippen LogP contribution in [0.1, 0.15) is 64.5 Å². The van der Waals surface area contributed by atoms with E-state index >= 15 is 0 Å². The van der Waals surface area contributed by atoms with Crippen LogP contribution in [-0.2, 0) is 21.1 Å². The monoisotopic (exact) mass is 1040 g/mol. The molecule has 6 atom stereocenters. The smallest absolute Gasteiger partial charge is 0.488 e. The molecule has 0 amide bonds. The molecule has 14 nitrogen and oxygen atoms in total.